The van der Waals surface area contributed by atoms with Crippen molar-refractivity contribution in [2.24, 2.45) is 11.1 Å². The number of amides is 1. The van der Waals surface area contributed by atoms with E-state index in [4.69, 9.17) is 10.5 Å². The summed E-state index contributed by atoms with van der Waals surface area (Å²) in [6, 6.07) is 0. The number of carbonyl (C=O) groups excluding carboxylic acids is 2. The van der Waals surface area contributed by atoms with Gasteiger partial charge in [-0.05, 0) is 50.5 Å². The van der Waals surface area contributed by atoms with Crippen molar-refractivity contribution in [2.75, 3.05) is 18.5 Å². The Balaban J connectivity index is 2.27. The van der Waals surface area contributed by atoms with Gasteiger partial charge in [-0.2, -0.15) is 0 Å². The Kier molecular flexibility index (Phi) is 4.68. The van der Waals surface area contributed by atoms with Gasteiger partial charge in [-0.15, -0.1) is 11.3 Å². The van der Waals surface area contributed by atoms with Gasteiger partial charge in [0.15, 0.2) is 0 Å². The maximum absolute atomic E-state index is 12.3. The molecule has 0 atom stereocenters. The molecule has 116 valence electrons. The monoisotopic (exact) mass is 310 g/mol. The molecule has 2 rings (SSSR count). The molecule has 1 aliphatic rings. The number of esters is 1. The molecule has 0 aromatic carbocycles. The van der Waals surface area contributed by atoms with Gasteiger partial charge in [-0.1, -0.05) is 0 Å². The average molecular weight is 310 g/mol. The lowest BCUT2D eigenvalue weighted by Gasteiger charge is -2.21. The number of nitrogens with two attached hydrogens (primary N) is 1. The van der Waals surface area contributed by atoms with Gasteiger partial charge in [0, 0.05) is 6.54 Å². The third kappa shape index (κ3) is 3.44. The summed E-state index contributed by atoms with van der Waals surface area (Å²) < 4.78 is 5.13. The van der Waals surface area contributed by atoms with Gasteiger partial charge in [0.2, 0.25) is 5.91 Å². The van der Waals surface area contributed by atoms with Gasteiger partial charge >= 0.3 is 5.97 Å². The summed E-state index contributed by atoms with van der Waals surface area (Å²) >= 11 is 1.38. The van der Waals surface area contributed by atoms with Crippen LogP contribution in [0.3, 0.4) is 0 Å². The van der Waals surface area contributed by atoms with E-state index in [0.29, 0.717) is 23.1 Å². The van der Waals surface area contributed by atoms with Crippen LogP contribution in [0, 0.1) is 5.41 Å². The Morgan fingerprint density at radius 2 is 2.14 bits per heavy atom. The minimum atomic E-state index is -0.671. The Hall–Kier alpha value is -1.40. The molecule has 21 heavy (non-hydrogen) atoms. The van der Waals surface area contributed by atoms with Crippen LogP contribution in [0.1, 0.15) is 55.5 Å². The van der Waals surface area contributed by atoms with Crippen molar-refractivity contribution in [3.05, 3.63) is 16.5 Å². The molecular weight excluding hydrogens is 288 g/mol. The third-order valence-corrected chi connectivity index (χ3v) is 4.58. The molecule has 1 aliphatic carbocycles. The van der Waals surface area contributed by atoms with Gasteiger partial charge in [0.1, 0.15) is 5.00 Å². The molecule has 1 aromatic rings. The standard InChI is InChI=1S/C15H22N2O3S/c1-4-20-13(18)11-10(9-5-6-9)7-21-12(11)17-14(19)15(2,3)8-16/h7,9H,4-6,8,16H2,1-3H3,(H,17,19). The van der Waals surface area contributed by atoms with Crippen LogP contribution in [0.25, 0.3) is 0 Å². The number of hydrogen-bond donors (Lipinski definition) is 2. The summed E-state index contributed by atoms with van der Waals surface area (Å²) in [5.41, 5.74) is 6.47. The number of nitrogens with one attached hydrogen (secondary N) is 1. The second-order valence-corrected chi connectivity index (χ2v) is 6.81. The molecule has 5 nitrogen and oxygen atoms in total. The first-order valence-electron chi connectivity index (χ1n) is 7.20. The topological polar surface area (TPSA) is 81.4 Å². The number of carbonyl (C=O) groups is 2. The lowest BCUT2D eigenvalue weighted by molar-refractivity contribution is -0.123. The minimum Gasteiger partial charge on any atom is -0.462 e. The normalized spacial score (nSPS) is 14.9. The average Bonchev–Trinajstić information content (AvgIpc) is 3.20. The Morgan fingerprint density at radius 3 is 2.67 bits per heavy atom. The van der Waals surface area contributed by atoms with Crippen LogP contribution < -0.4 is 11.1 Å². The zero-order chi connectivity index (χ0) is 15.6. The molecule has 0 aliphatic heterocycles. The molecule has 1 amide bonds. The van der Waals surface area contributed by atoms with Crippen LogP contribution in [0.2, 0.25) is 0 Å². The lowest BCUT2D eigenvalue weighted by atomic mass is 9.93. The second kappa shape index (κ2) is 6.15. The first kappa shape index (κ1) is 16.0. The number of hydrogen-bond acceptors (Lipinski definition) is 5. The van der Waals surface area contributed by atoms with Crippen molar-refractivity contribution in [1.29, 1.82) is 0 Å². The van der Waals surface area contributed by atoms with E-state index in [1.807, 2.05) is 5.38 Å². The quantitative estimate of drug-likeness (QED) is 0.792. The van der Waals surface area contributed by atoms with Crippen LogP contribution >= 0.6 is 11.3 Å². The summed E-state index contributed by atoms with van der Waals surface area (Å²) in [7, 11) is 0. The maximum Gasteiger partial charge on any atom is 0.341 e. The number of rotatable bonds is 6. The van der Waals surface area contributed by atoms with Crippen LogP contribution in [0.4, 0.5) is 5.00 Å². The van der Waals surface area contributed by atoms with Gasteiger partial charge in [-0.3, -0.25) is 4.79 Å². The second-order valence-electron chi connectivity index (χ2n) is 5.93. The van der Waals surface area contributed by atoms with Gasteiger partial charge in [0.25, 0.3) is 0 Å². The van der Waals surface area contributed by atoms with Crippen LogP contribution in [0.5, 0.6) is 0 Å². The summed E-state index contributed by atoms with van der Waals surface area (Å²) in [6.07, 6.45) is 2.18. The van der Waals surface area contributed by atoms with Crippen molar-refractivity contribution in [2.45, 2.75) is 39.5 Å². The minimum absolute atomic E-state index is 0.181. The molecule has 0 radical (unpaired) electrons. The highest BCUT2D eigenvalue weighted by atomic mass is 32.1. The van der Waals surface area contributed by atoms with Crippen molar-refractivity contribution in [3.63, 3.8) is 0 Å². The fourth-order valence-corrected chi connectivity index (χ4v) is 2.96. The number of ether oxygens (including phenoxy) is 1. The Morgan fingerprint density at radius 1 is 1.48 bits per heavy atom. The predicted molar refractivity (Wildman–Crippen MR) is 83.7 cm³/mol. The highest BCUT2D eigenvalue weighted by molar-refractivity contribution is 7.15. The lowest BCUT2D eigenvalue weighted by Crippen LogP contribution is -2.37. The van der Waals surface area contributed by atoms with Crippen LogP contribution in [-0.2, 0) is 9.53 Å². The first-order valence-corrected chi connectivity index (χ1v) is 8.08. The van der Waals surface area contributed by atoms with Gasteiger partial charge in [0.05, 0.1) is 17.6 Å². The van der Waals surface area contributed by atoms with Crippen molar-refractivity contribution in [3.8, 4) is 0 Å². The Bertz CT molecular complexity index is 547. The van der Waals surface area contributed by atoms with Gasteiger partial charge < -0.3 is 15.8 Å². The molecule has 1 saturated carbocycles. The van der Waals surface area contributed by atoms with Crippen LogP contribution in [0.15, 0.2) is 5.38 Å². The van der Waals surface area contributed by atoms with E-state index in [1.54, 1.807) is 20.8 Å². The predicted octanol–water partition coefficient (Wildman–Crippen LogP) is 2.73. The summed E-state index contributed by atoms with van der Waals surface area (Å²) in [6.45, 7) is 5.90. The zero-order valence-corrected chi connectivity index (χ0v) is 13.5. The van der Waals surface area contributed by atoms with Crippen LogP contribution in [-0.4, -0.2) is 25.0 Å². The van der Waals surface area contributed by atoms with Gasteiger partial charge in [-0.25, -0.2) is 4.79 Å². The van der Waals surface area contributed by atoms with E-state index in [2.05, 4.69) is 5.32 Å². The molecule has 0 bridgehead atoms. The largest absolute Gasteiger partial charge is 0.462 e. The third-order valence-electron chi connectivity index (χ3n) is 3.67. The fourth-order valence-electron chi connectivity index (χ4n) is 1.94. The van der Waals surface area contributed by atoms with E-state index in [9.17, 15) is 9.59 Å². The Labute approximate surface area is 128 Å². The van der Waals surface area contributed by atoms with E-state index in [1.165, 1.54) is 11.3 Å². The molecule has 1 aromatic heterocycles. The molecule has 0 spiro atoms. The molecule has 1 heterocycles. The first-order chi connectivity index (χ1) is 9.90. The number of anilines is 1. The zero-order valence-electron chi connectivity index (χ0n) is 12.7. The summed E-state index contributed by atoms with van der Waals surface area (Å²) in [5, 5.41) is 5.37. The van der Waals surface area contributed by atoms with E-state index in [-0.39, 0.29) is 18.4 Å². The molecule has 0 saturated heterocycles. The molecular formula is C15H22N2O3S. The molecule has 1 fully saturated rings. The smallest absolute Gasteiger partial charge is 0.341 e. The summed E-state index contributed by atoms with van der Waals surface area (Å²) in [5.74, 6) is -0.116. The highest BCUT2D eigenvalue weighted by Gasteiger charge is 2.34. The molecule has 0 unspecified atom stereocenters. The number of thiophene rings is 1. The summed E-state index contributed by atoms with van der Waals surface area (Å²) in [4.78, 5) is 24.4. The highest BCUT2D eigenvalue weighted by Crippen LogP contribution is 2.46. The van der Waals surface area contributed by atoms with E-state index >= 15 is 0 Å². The maximum atomic E-state index is 12.3. The van der Waals surface area contributed by atoms with Crippen molar-refractivity contribution < 1.29 is 14.3 Å². The van der Waals surface area contributed by atoms with Crippen molar-refractivity contribution >= 4 is 28.2 Å². The van der Waals surface area contributed by atoms with Crippen molar-refractivity contribution in [1.82, 2.24) is 0 Å². The molecule has 3 N–H and O–H groups in total. The van der Waals surface area contributed by atoms with E-state index < -0.39 is 5.41 Å². The fraction of sp³-hybridized carbons (Fsp3) is 0.600. The van der Waals surface area contributed by atoms with E-state index in [0.717, 1.165) is 18.4 Å². The SMILES string of the molecule is CCOC(=O)c1c(C2CC2)csc1NC(=O)C(C)(C)CN. The molecule has 6 heteroatoms.